The standard InChI is InChI=1S/C24H23BClFN4O9/c1-2-30-6-7-31(22(35)21(30)34)24(38)29-18(13-9-15(27)16(32)10-14(13)26)20(33)28-17-8-11-4-3-5-12(23(36)37)19(11)40-25(17)39/h3-5,9-10,17-18,32,39H,2,6-8H2,1H3,(H,28,33)(H,29,38)(H,36,37)/t17-,18?/m0/s1. The van der Waals surface area contributed by atoms with Crippen LogP contribution in [0.1, 0.15) is 34.5 Å². The molecule has 5 amide bonds. The molecule has 5 N–H and O–H groups in total. The quantitative estimate of drug-likeness (QED) is 0.241. The molecule has 2 aromatic rings. The number of benzene rings is 2. The van der Waals surface area contributed by atoms with Crippen LogP contribution in [0.25, 0.3) is 0 Å². The van der Waals surface area contributed by atoms with Gasteiger partial charge in [-0.05, 0) is 31.0 Å². The summed E-state index contributed by atoms with van der Waals surface area (Å²) in [5.41, 5.74) is -0.128. The van der Waals surface area contributed by atoms with Gasteiger partial charge in [-0.2, -0.15) is 0 Å². The molecule has 2 aliphatic rings. The molecular formula is C24H23BClFN4O9. The number of para-hydroxylation sites is 1. The van der Waals surface area contributed by atoms with E-state index in [2.05, 4.69) is 10.6 Å². The van der Waals surface area contributed by atoms with Crippen LogP contribution in [0.15, 0.2) is 30.3 Å². The van der Waals surface area contributed by atoms with Crippen molar-refractivity contribution in [1.82, 2.24) is 20.4 Å². The Hall–Kier alpha value is -4.37. The second-order valence-corrected chi connectivity index (χ2v) is 9.38. The van der Waals surface area contributed by atoms with E-state index in [1.807, 2.05) is 0 Å². The van der Waals surface area contributed by atoms with Crippen molar-refractivity contribution in [1.29, 1.82) is 0 Å². The van der Waals surface area contributed by atoms with Crippen molar-refractivity contribution in [3.8, 4) is 11.5 Å². The maximum atomic E-state index is 14.3. The number of hydrogen-bond acceptors (Lipinski definition) is 8. The summed E-state index contributed by atoms with van der Waals surface area (Å²) in [5.74, 6) is -7.56. The zero-order chi connectivity index (χ0) is 29.3. The van der Waals surface area contributed by atoms with Gasteiger partial charge in [0.25, 0.3) is 0 Å². The number of likely N-dealkylation sites (N-methyl/N-ethyl adjacent to an activating group) is 1. The van der Waals surface area contributed by atoms with Crippen LogP contribution in [0.3, 0.4) is 0 Å². The zero-order valence-corrected chi connectivity index (χ0v) is 21.6. The smallest absolute Gasteiger partial charge is 0.534 e. The van der Waals surface area contributed by atoms with E-state index in [0.717, 1.165) is 6.07 Å². The number of carboxylic acid groups (broad SMARTS) is 1. The van der Waals surface area contributed by atoms with Crippen molar-refractivity contribution in [3.63, 3.8) is 0 Å². The number of carboxylic acids is 1. The molecule has 0 radical (unpaired) electrons. The number of amides is 5. The summed E-state index contributed by atoms with van der Waals surface area (Å²) in [6.07, 6.45) is -0.0757. The fraction of sp³-hybridized carbons (Fsp3) is 0.292. The Labute approximate surface area is 231 Å². The molecule has 40 heavy (non-hydrogen) atoms. The predicted octanol–water partition coefficient (Wildman–Crippen LogP) is 0.464. The first-order valence-corrected chi connectivity index (χ1v) is 12.4. The van der Waals surface area contributed by atoms with E-state index in [1.165, 1.54) is 23.1 Å². The summed E-state index contributed by atoms with van der Waals surface area (Å²) in [6.45, 7) is 1.79. The van der Waals surface area contributed by atoms with Crippen LogP contribution in [-0.4, -0.2) is 87.5 Å². The van der Waals surface area contributed by atoms with Crippen molar-refractivity contribution in [2.45, 2.75) is 25.3 Å². The molecule has 0 saturated carbocycles. The zero-order valence-electron chi connectivity index (χ0n) is 20.9. The largest absolute Gasteiger partial charge is 0.547 e. The van der Waals surface area contributed by atoms with Crippen LogP contribution in [0, 0.1) is 5.82 Å². The van der Waals surface area contributed by atoms with Crippen LogP contribution in [0.2, 0.25) is 5.02 Å². The molecule has 2 aliphatic heterocycles. The lowest BCUT2D eigenvalue weighted by atomic mass is 9.72. The summed E-state index contributed by atoms with van der Waals surface area (Å²) in [7, 11) is -1.71. The summed E-state index contributed by atoms with van der Waals surface area (Å²) < 4.78 is 19.6. The molecule has 13 nitrogen and oxygen atoms in total. The lowest BCUT2D eigenvalue weighted by Crippen LogP contribution is -2.60. The molecule has 1 fully saturated rings. The van der Waals surface area contributed by atoms with Gasteiger partial charge in [0.1, 0.15) is 11.8 Å². The Morgan fingerprint density at radius 2 is 1.95 bits per heavy atom. The minimum atomic E-state index is -1.76. The van der Waals surface area contributed by atoms with Crippen LogP contribution >= 0.6 is 11.6 Å². The van der Waals surface area contributed by atoms with E-state index >= 15 is 0 Å². The number of imide groups is 1. The number of nitrogens with one attached hydrogen (secondary N) is 2. The number of hydrogen-bond donors (Lipinski definition) is 5. The number of halogens is 2. The SMILES string of the molecule is CCN1CCN(C(=O)NC(C(=O)N[C@H]2Cc3cccc(C(=O)O)c3OB2O)c2cc(F)c(O)cc2Cl)C(=O)C1=O. The van der Waals surface area contributed by atoms with Gasteiger partial charge in [0, 0.05) is 31.3 Å². The highest BCUT2D eigenvalue weighted by Crippen LogP contribution is 2.32. The number of carbonyl (C=O) groups is 5. The number of urea groups is 1. The van der Waals surface area contributed by atoms with Crippen molar-refractivity contribution in [3.05, 3.63) is 57.9 Å². The molecule has 2 aromatic carbocycles. The normalized spacial score (nSPS) is 17.6. The van der Waals surface area contributed by atoms with Gasteiger partial charge in [0.15, 0.2) is 11.6 Å². The number of fused-ring (bicyclic) bond motifs is 1. The highest BCUT2D eigenvalue weighted by Gasteiger charge is 2.41. The summed E-state index contributed by atoms with van der Waals surface area (Å²) in [5, 5.41) is 34.0. The molecule has 210 valence electrons. The number of rotatable bonds is 6. The topological polar surface area (TPSA) is 186 Å². The Morgan fingerprint density at radius 1 is 1.23 bits per heavy atom. The third-order valence-corrected chi connectivity index (χ3v) is 6.85. The second kappa shape index (κ2) is 11.4. The Bertz CT molecular complexity index is 1410. The summed E-state index contributed by atoms with van der Waals surface area (Å²) >= 11 is 6.16. The first kappa shape index (κ1) is 28.6. The van der Waals surface area contributed by atoms with E-state index in [0.29, 0.717) is 16.5 Å². The van der Waals surface area contributed by atoms with Crippen molar-refractivity contribution >= 4 is 48.4 Å². The first-order valence-electron chi connectivity index (χ1n) is 12.0. The number of phenols is 1. The number of nitrogens with zero attached hydrogens (tertiary/aromatic N) is 2. The van der Waals surface area contributed by atoms with Gasteiger partial charge in [0.2, 0.25) is 5.91 Å². The fourth-order valence-corrected chi connectivity index (χ4v) is 4.68. The highest BCUT2D eigenvalue weighted by atomic mass is 35.5. The molecule has 1 saturated heterocycles. The molecular weight excluding hydrogens is 554 g/mol. The molecule has 0 spiro atoms. The first-order chi connectivity index (χ1) is 18.9. The average molecular weight is 577 g/mol. The summed E-state index contributed by atoms with van der Waals surface area (Å²) in [4.78, 5) is 64.6. The number of piperazine rings is 1. The second-order valence-electron chi connectivity index (χ2n) is 8.98. The number of aromatic hydroxyl groups is 1. The van der Waals surface area contributed by atoms with Crippen molar-refractivity contribution < 1.29 is 48.3 Å². The predicted molar refractivity (Wildman–Crippen MR) is 136 cm³/mol. The molecule has 0 aromatic heterocycles. The van der Waals surface area contributed by atoms with Gasteiger partial charge in [-0.1, -0.05) is 23.7 Å². The summed E-state index contributed by atoms with van der Waals surface area (Å²) in [6, 6.07) is 2.91. The lowest BCUT2D eigenvalue weighted by molar-refractivity contribution is -0.153. The molecule has 0 bridgehead atoms. The minimum absolute atomic E-state index is 0.0588. The molecule has 1 unspecified atom stereocenters. The minimum Gasteiger partial charge on any atom is -0.534 e. The Kier molecular flexibility index (Phi) is 8.16. The monoisotopic (exact) mass is 576 g/mol. The van der Waals surface area contributed by atoms with Gasteiger partial charge < -0.3 is 35.4 Å². The van der Waals surface area contributed by atoms with E-state index in [1.54, 1.807) is 6.92 Å². The lowest BCUT2D eigenvalue weighted by Gasteiger charge is -2.33. The van der Waals surface area contributed by atoms with Crippen molar-refractivity contribution in [2.75, 3.05) is 19.6 Å². The molecule has 4 rings (SSSR count). The molecule has 0 aliphatic carbocycles. The average Bonchev–Trinajstić information content (AvgIpc) is 2.90. The van der Waals surface area contributed by atoms with Crippen LogP contribution < -0.4 is 15.3 Å². The number of aromatic carboxylic acids is 1. The van der Waals surface area contributed by atoms with Crippen LogP contribution in [0.4, 0.5) is 9.18 Å². The van der Waals surface area contributed by atoms with E-state index < -0.39 is 60.4 Å². The number of phenolic OH excluding ortho intramolecular Hbond substituents is 1. The van der Waals surface area contributed by atoms with Crippen LogP contribution in [-0.2, 0) is 20.8 Å². The Balaban J connectivity index is 1.61. The Morgan fingerprint density at radius 3 is 2.62 bits per heavy atom. The van der Waals surface area contributed by atoms with Crippen LogP contribution in [0.5, 0.6) is 11.5 Å². The third-order valence-electron chi connectivity index (χ3n) is 6.52. The third kappa shape index (κ3) is 5.51. The van der Waals surface area contributed by atoms with Gasteiger partial charge >= 0.3 is 30.9 Å². The molecule has 2 heterocycles. The highest BCUT2D eigenvalue weighted by molar-refractivity contribution is 6.47. The maximum Gasteiger partial charge on any atom is 0.547 e. The maximum absolute atomic E-state index is 14.3. The molecule has 2 atom stereocenters. The molecule has 16 heteroatoms. The fourth-order valence-electron chi connectivity index (χ4n) is 4.41. The van der Waals surface area contributed by atoms with Gasteiger partial charge in [-0.3, -0.25) is 19.3 Å². The van der Waals surface area contributed by atoms with Gasteiger partial charge in [-0.25, -0.2) is 14.0 Å². The van der Waals surface area contributed by atoms with Crippen molar-refractivity contribution in [2.24, 2.45) is 0 Å². The van der Waals surface area contributed by atoms with E-state index in [9.17, 15) is 43.6 Å². The number of carbonyl (C=O) groups excluding carboxylic acids is 4. The van der Waals surface area contributed by atoms with Gasteiger partial charge in [-0.15, -0.1) is 0 Å². The van der Waals surface area contributed by atoms with E-state index in [-0.39, 0.29) is 48.0 Å². The van der Waals surface area contributed by atoms with Gasteiger partial charge in [0.05, 0.1) is 16.5 Å². The van der Waals surface area contributed by atoms with E-state index in [4.69, 9.17) is 16.3 Å².